The van der Waals surface area contributed by atoms with Crippen molar-refractivity contribution in [3.05, 3.63) is 85.4 Å². The van der Waals surface area contributed by atoms with Gasteiger partial charge >= 0.3 is 0 Å². The van der Waals surface area contributed by atoms with E-state index in [9.17, 15) is 5.11 Å². The molecule has 476 valence electrons. The summed E-state index contributed by atoms with van der Waals surface area (Å²) in [6.45, 7) is 9.07. The minimum atomic E-state index is -0.154. The highest BCUT2D eigenvalue weighted by atomic mass is 79.9. The number of phenolic OH excluding ortho intramolecular Hbond substituents is 1. The molecule has 9 rings (SSSR count). The second-order valence-corrected chi connectivity index (χ2v) is 27.0. The van der Waals surface area contributed by atoms with E-state index in [0.29, 0.717) is 11.5 Å². The zero-order valence-electron chi connectivity index (χ0n) is 54.0. The average molecular weight is 1250 g/mol. The van der Waals surface area contributed by atoms with E-state index < -0.39 is 0 Å². The highest BCUT2D eigenvalue weighted by Crippen LogP contribution is 2.59. The fourth-order valence-electron chi connectivity index (χ4n) is 14.9. The van der Waals surface area contributed by atoms with Crippen LogP contribution >= 0.6 is 15.9 Å². The minimum absolute atomic E-state index is 0.0236. The minimum Gasteiger partial charge on any atom is -0.502 e. The quantitative estimate of drug-likeness (QED) is 0.0437. The Labute approximate surface area is 528 Å². The average Bonchev–Trinajstić information content (AvgIpc) is 1.22. The van der Waals surface area contributed by atoms with Gasteiger partial charge in [0, 0.05) is 80.3 Å². The van der Waals surface area contributed by atoms with Crippen LogP contribution in [0, 0.1) is 0 Å². The number of unbranched alkanes of at least 4 members (excludes halogenated alkanes) is 32. The molecule has 0 saturated heterocycles. The normalized spacial score (nSPS) is 17.7. The van der Waals surface area contributed by atoms with E-state index in [0.717, 1.165) is 149 Å². The maximum absolute atomic E-state index is 13.0. The lowest BCUT2D eigenvalue weighted by Gasteiger charge is -2.35. The molecule has 4 atom stereocenters. The maximum atomic E-state index is 13.0. The van der Waals surface area contributed by atoms with E-state index >= 15 is 0 Å². The summed E-state index contributed by atoms with van der Waals surface area (Å²) in [7, 11) is 0. The van der Waals surface area contributed by atoms with Crippen LogP contribution in [-0.2, 0) is 0 Å². The summed E-state index contributed by atoms with van der Waals surface area (Å²) in [6.07, 6.45) is 48.5. The van der Waals surface area contributed by atoms with Crippen LogP contribution in [0.5, 0.6) is 51.7 Å². The number of ether oxygens (including phenoxy) is 8. The summed E-state index contributed by atoms with van der Waals surface area (Å²) >= 11 is 4.22. The third kappa shape index (κ3) is 17.5. The van der Waals surface area contributed by atoms with Crippen LogP contribution in [0.15, 0.2) is 40.9 Å². The number of rotatable bonds is 40. The van der Waals surface area contributed by atoms with Crippen molar-refractivity contribution in [3.8, 4) is 51.7 Å². The Morgan fingerprint density at radius 1 is 0.279 bits per heavy atom. The summed E-state index contributed by atoms with van der Waals surface area (Å²) < 4.78 is 55.2. The zero-order chi connectivity index (χ0) is 59.7. The van der Waals surface area contributed by atoms with Gasteiger partial charge in [0.05, 0.1) is 0 Å². The highest BCUT2D eigenvalue weighted by Gasteiger charge is 2.39. The molecule has 4 unspecified atom stereocenters. The molecule has 1 aliphatic carbocycles. The number of phenols is 1. The van der Waals surface area contributed by atoms with Crippen LogP contribution in [0.3, 0.4) is 0 Å². The van der Waals surface area contributed by atoms with Crippen LogP contribution in [0.2, 0.25) is 0 Å². The lowest BCUT2D eigenvalue weighted by atomic mass is 9.76. The Bertz CT molecular complexity index is 2340. The topological polar surface area (TPSA) is 94.1 Å². The Balaban J connectivity index is 1.20. The van der Waals surface area contributed by atoms with Crippen molar-refractivity contribution in [1.29, 1.82) is 0 Å². The van der Waals surface area contributed by atoms with Crippen molar-refractivity contribution < 1.29 is 43.0 Å². The zero-order valence-corrected chi connectivity index (χ0v) is 55.6. The first kappa shape index (κ1) is 66.0. The Morgan fingerprint density at radius 3 is 0.744 bits per heavy atom. The second-order valence-electron chi connectivity index (χ2n) is 26.2. The number of hydrogen-bond donors (Lipinski definition) is 1. The molecule has 4 aromatic carbocycles. The monoisotopic (exact) mass is 1250 g/mol. The van der Waals surface area contributed by atoms with Gasteiger partial charge in [0.15, 0.2) is 11.5 Å². The molecule has 8 bridgehead atoms. The number of aromatic hydroxyl groups is 1. The molecule has 9 nitrogen and oxygen atoms in total. The smallest absolute Gasteiger partial charge is 0.231 e. The van der Waals surface area contributed by atoms with Gasteiger partial charge in [0.1, 0.15) is 39.0 Å². The fourth-order valence-corrected chi connectivity index (χ4v) is 15.6. The first-order valence-electron chi connectivity index (χ1n) is 35.6. The first-order valence-corrected chi connectivity index (χ1v) is 36.4. The lowest BCUT2D eigenvalue weighted by Crippen LogP contribution is -2.23. The number of hydrogen-bond acceptors (Lipinski definition) is 9. The molecule has 5 aliphatic rings. The molecule has 4 aliphatic heterocycles. The van der Waals surface area contributed by atoms with Gasteiger partial charge in [0.2, 0.25) is 32.9 Å². The van der Waals surface area contributed by atoms with Crippen molar-refractivity contribution in [2.75, 3.05) is 27.2 Å². The molecule has 0 amide bonds. The Kier molecular flexibility index (Phi) is 27.4. The van der Waals surface area contributed by atoms with Gasteiger partial charge in [-0.1, -0.05) is 259 Å². The molecule has 0 aromatic heterocycles. The van der Waals surface area contributed by atoms with E-state index in [-0.39, 0.29) is 56.6 Å². The highest BCUT2D eigenvalue weighted by molar-refractivity contribution is 9.10. The van der Waals surface area contributed by atoms with Gasteiger partial charge in [-0.2, -0.15) is 0 Å². The van der Waals surface area contributed by atoms with E-state index in [4.69, 9.17) is 37.9 Å². The fraction of sp³-hybridized carbons (Fsp3) is 0.684. The number of halogens is 1. The van der Waals surface area contributed by atoms with Crippen LogP contribution in [-0.4, -0.2) is 32.3 Å². The first-order chi connectivity index (χ1) is 42.4. The molecular weight excluding hydrogens is 1140 g/mol. The Morgan fingerprint density at radius 2 is 0.488 bits per heavy atom. The van der Waals surface area contributed by atoms with Crippen molar-refractivity contribution in [3.63, 3.8) is 0 Å². The molecule has 0 fully saturated rings. The second kappa shape index (κ2) is 35.7. The third-order valence-corrected chi connectivity index (χ3v) is 20.6. The number of benzene rings is 4. The van der Waals surface area contributed by atoms with Gasteiger partial charge in [-0.25, -0.2) is 0 Å². The van der Waals surface area contributed by atoms with E-state index in [2.05, 4.69) is 80.0 Å². The maximum Gasteiger partial charge on any atom is 0.231 e. The van der Waals surface area contributed by atoms with Crippen molar-refractivity contribution in [2.45, 2.75) is 308 Å². The van der Waals surface area contributed by atoms with Crippen LogP contribution < -0.4 is 37.9 Å². The molecular formula is C76H111BrO9. The van der Waals surface area contributed by atoms with Gasteiger partial charge in [0.25, 0.3) is 0 Å². The van der Waals surface area contributed by atoms with Crippen LogP contribution in [0.25, 0.3) is 0 Å². The van der Waals surface area contributed by atoms with E-state index in [1.807, 2.05) is 0 Å². The lowest BCUT2D eigenvalue weighted by molar-refractivity contribution is 0.0942. The van der Waals surface area contributed by atoms with Gasteiger partial charge in [-0.05, 0) is 65.9 Å². The molecule has 1 N–H and O–H groups in total. The van der Waals surface area contributed by atoms with Crippen molar-refractivity contribution in [1.82, 2.24) is 0 Å². The summed E-state index contributed by atoms with van der Waals surface area (Å²) in [5, 5.41) is 13.0. The third-order valence-electron chi connectivity index (χ3n) is 19.8. The summed E-state index contributed by atoms with van der Waals surface area (Å²) in [5.41, 5.74) is 8.89. The molecule has 0 spiro atoms. The predicted molar refractivity (Wildman–Crippen MR) is 354 cm³/mol. The van der Waals surface area contributed by atoms with Gasteiger partial charge in [-0.3, -0.25) is 0 Å². The molecule has 0 radical (unpaired) electrons. The van der Waals surface area contributed by atoms with Crippen molar-refractivity contribution in [2.24, 2.45) is 0 Å². The molecule has 86 heavy (non-hydrogen) atoms. The van der Waals surface area contributed by atoms with Gasteiger partial charge in [-0.15, -0.1) is 0 Å². The SMILES string of the molecule is CCCCCCCCCCCC1c2cc3c4cc2OCOc2c1cc1c(c2O)OCOc2cc5c(cc2C1CCCCCCCCCCC)C(CCCCCCCCCCC)c1cc(c(c(Br)c1OCO5)OCO4)C3CCCCCCCCCCC. The van der Waals surface area contributed by atoms with Crippen molar-refractivity contribution >= 4 is 15.9 Å². The Hall–Kier alpha value is -4.44. The van der Waals surface area contributed by atoms with E-state index in [1.54, 1.807) is 0 Å². The molecule has 4 aromatic rings. The van der Waals surface area contributed by atoms with Crippen LogP contribution in [0.4, 0.5) is 0 Å². The summed E-state index contributed by atoms with van der Waals surface area (Å²) in [4.78, 5) is 0. The molecule has 4 heterocycles. The standard InChI is InChI=1S/C76H111BrO9/c1-5-9-13-17-21-25-29-33-37-41-55-59-45-61-57(43-39-35-31-27-23-19-15-11-7-3)65-48-66-58(44-40-36-32-28-24-20-16-12-8-4)62-46-60-56(42-38-34-30-26-22-18-14-10-6-2)64-47-63(55)73-71(77)74(64)84-52-80-68(60)50-70(62)82-54-86-76(66)72(78)75(65)85-53-81-69(61)49-67(59)79-51-83-73/h45-50,55-58,78H,5-44,51-54H2,1-4H3. The summed E-state index contributed by atoms with van der Waals surface area (Å²) in [6, 6.07) is 14.0. The molecule has 10 heteroatoms. The predicted octanol–water partition coefficient (Wildman–Crippen LogP) is 23.6. The largest absolute Gasteiger partial charge is 0.502 e. The summed E-state index contributed by atoms with van der Waals surface area (Å²) in [5.74, 6) is 5.15. The molecule has 0 saturated carbocycles. The van der Waals surface area contributed by atoms with Gasteiger partial charge < -0.3 is 43.0 Å². The van der Waals surface area contributed by atoms with E-state index in [1.165, 1.54) is 191 Å². The van der Waals surface area contributed by atoms with Crippen LogP contribution in [0.1, 0.15) is 353 Å².